The fraction of sp³-hybridized carbons (Fsp3) is 0.414. The van der Waals surface area contributed by atoms with Gasteiger partial charge in [0.2, 0.25) is 5.91 Å². The van der Waals surface area contributed by atoms with Crippen molar-refractivity contribution < 1.29 is 4.79 Å². The van der Waals surface area contributed by atoms with Crippen LogP contribution in [0.15, 0.2) is 42.7 Å². The summed E-state index contributed by atoms with van der Waals surface area (Å²) in [6.07, 6.45) is 5.54. The smallest absolute Gasteiger partial charge is 0.236 e. The molecule has 1 fully saturated rings. The summed E-state index contributed by atoms with van der Waals surface area (Å²) < 4.78 is 0. The fourth-order valence-corrected chi connectivity index (χ4v) is 5.54. The topological polar surface area (TPSA) is 65.1 Å². The van der Waals surface area contributed by atoms with Gasteiger partial charge in [0.05, 0.1) is 23.3 Å². The maximum absolute atomic E-state index is 12.5. The lowest BCUT2D eigenvalue weighted by atomic mass is 9.87. The van der Waals surface area contributed by atoms with Crippen LogP contribution in [-0.4, -0.2) is 64.4 Å². The number of rotatable bonds is 5. The first-order valence-electron chi connectivity index (χ1n) is 12.6. The first kappa shape index (κ1) is 23.5. The first-order valence-corrected chi connectivity index (χ1v) is 12.6. The zero-order valence-electron chi connectivity index (χ0n) is 21.4. The molecular weight excluding hydrogens is 434 g/mol. The number of carbonyl (C=O) groups is 1. The minimum absolute atomic E-state index is 0.233. The lowest BCUT2D eigenvalue weighted by molar-refractivity contribution is -0.132. The zero-order valence-corrected chi connectivity index (χ0v) is 21.4. The summed E-state index contributed by atoms with van der Waals surface area (Å²) in [5, 5.41) is 1.30. The molecule has 3 heterocycles. The molecule has 35 heavy (non-hydrogen) atoms. The molecule has 4 aromatic rings. The predicted octanol–water partition coefficient (Wildman–Crippen LogP) is 5.48. The van der Waals surface area contributed by atoms with Gasteiger partial charge in [0.25, 0.3) is 0 Å². The van der Waals surface area contributed by atoms with Crippen molar-refractivity contribution in [1.29, 1.82) is 0 Å². The van der Waals surface area contributed by atoms with Crippen LogP contribution < -0.4 is 0 Å². The van der Waals surface area contributed by atoms with Crippen LogP contribution >= 0.6 is 0 Å². The number of fused-ring (bicyclic) bond motifs is 2. The van der Waals surface area contributed by atoms with E-state index in [0.717, 1.165) is 48.1 Å². The van der Waals surface area contributed by atoms with Crippen LogP contribution in [0.2, 0.25) is 0 Å². The number of aryl methyl sites for hydroxylation is 1. The van der Waals surface area contributed by atoms with Crippen LogP contribution in [0.3, 0.4) is 0 Å². The van der Waals surface area contributed by atoms with Gasteiger partial charge in [-0.15, -0.1) is 0 Å². The van der Waals surface area contributed by atoms with Gasteiger partial charge in [-0.2, -0.15) is 0 Å². The van der Waals surface area contributed by atoms with Gasteiger partial charge in [-0.3, -0.25) is 14.8 Å². The Labute approximate surface area is 207 Å². The average molecular weight is 470 g/mol. The average Bonchev–Trinajstić information content (AvgIpc) is 3.23. The largest absolute Gasteiger partial charge is 0.354 e. The normalized spacial score (nSPS) is 15.1. The molecule has 1 aliphatic rings. The van der Waals surface area contributed by atoms with E-state index in [9.17, 15) is 4.79 Å². The van der Waals surface area contributed by atoms with Crippen LogP contribution in [0.5, 0.6) is 0 Å². The SMILES string of the molecule is Cc1cc(-c2[nH]c3ccc(C4CCN(C(=O)CN(C)C)CC4)cc3c2C(C)C)cc2nccnc12. The van der Waals surface area contributed by atoms with Crippen LogP contribution in [0.25, 0.3) is 33.2 Å². The molecule has 0 radical (unpaired) electrons. The van der Waals surface area contributed by atoms with E-state index in [4.69, 9.17) is 0 Å². The molecule has 182 valence electrons. The van der Waals surface area contributed by atoms with Crippen LogP contribution in [0, 0.1) is 6.92 Å². The number of likely N-dealkylation sites (tertiary alicyclic amines) is 1. The van der Waals surface area contributed by atoms with E-state index in [-0.39, 0.29) is 5.91 Å². The van der Waals surface area contributed by atoms with Gasteiger partial charge >= 0.3 is 0 Å². The molecule has 5 rings (SSSR count). The summed E-state index contributed by atoms with van der Waals surface area (Å²) in [6, 6.07) is 11.3. The molecule has 1 amide bonds. The van der Waals surface area contributed by atoms with E-state index in [1.54, 1.807) is 12.4 Å². The maximum Gasteiger partial charge on any atom is 0.236 e. The van der Waals surface area contributed by atoms with Crippen molar-refractivity contribution in [3.63, 3.8) is 0 Å². The second-order valence-corrected chi connectivity index (χ2v) is 10.5. The number of hydrogen-bond acceptors (Lipinski definition) is 4. The Morgan fingerprint density at radius 3 is 2.57 bits per heavy atom. The van der Waals surface area contributed by atoms with Crippen LogP contribution in [0.1, 0.15) is 55.2 Å². The Morgan fingerprint density at radius 2 is 1.86 bits per heavy atom. The highest BCUT2D eigenvalue weighted by Crippen LogP contribution is 2.39. The molecule has 6 heteroatoms. The number of H-pyrrole nitrogens is 1. The van der Waals surface area contributed by atoms with Crippen molar-refractivity contribution >= 4 is 27.8 Å². The molecule has 2 aromatic heterocycles. The fourth-order valence-electron chi connectivity index (χ4n) is 5.54. The minimum atomic E-state index is 0.233. The first-order chi connectivity index (χ1) is 16.8. The number of aromatic nitrogens is 3. The van der Waals surface area contributed by atoms with Crippen molar-refractivity contribution in [2.24, 2.45) is 0 Å². The monoisotopic (exact) mass is 469 g/mol. The van der Waals surface area contributed by atoms with E-state index in [1.807, 2.05) is 23.9 Å². The number of piperidine rings is 1. The third-order valence-corrected chi connectivity index (χ3v) is 7.26. The van der Waals surface area contributed by atoms with E-state index >= 15 is 0 Å². The standard InChI is InChI=1S/C29H35N5O/c1-18(2)27-23-15-21(20-8-12-34(13-9-20)26(35)17-33(4)5)6-7-24(23)32-29(27)22-14-19(3)28-25(16-22)30-10-11-31-28/h6-7,10-11,14-16,18,20,32H,8-9,12-13,17H2,1-5H3. The van der Waals surface area contributed by atoms with E-state index in [0.29, 0.717) is 18.4 Å². The van der Waals surface area contributed by atoms with E-state index in [1.165, 1.54) is 27.7 Å². The lowest BCUT2D eigenvalue weighted by Crippen LogP contribution is -2.42. The third-order valence-electron chi connectivity index (χ3n) is 7.26. The molecule has 1 saturated heterocycles. The molecule has 0 unspecified atom stereocenters. The maximum atomic E-state index is 12.5. The number of nitrogens with one attached hydrogen (secondary N) is 1. The second kappa shape index (κ2) is 9.42. The molecule has 1 aliphatic heterocycles. The minimum Gasteiger partial charge on any atom is -0.354 e. The van der Waals surface area contributed by atoms with Gasteiger partial charge in [0.15, 0.2) is 0 Å². The molecule has 0 spiro atoms. The third kappa shape index (κ3) is 4.55. The summed E-state index contributed by atoms with van der Waals surface area (Å²) in [4.78, 5) is 29.2. The Bertz CT molecular complexity index is 1380. The van der Waals surface area contributed by atoms with Gasteiger partial charge in [-0.1, -0.05) is 19.9 Å². The van der Waals surface area contributed by atoms with E-state index < -0.39 is 0 Å². The Hall–Kier alpha value is -3.25. The summed E-state index contributed by atoms with van der Waals surface area (Å²) in [5.74, 6) is 1.09. The lowest BCUT2D eigenvalue weighted by Gasteiger charge is -2.33. The number of likely N-dealkylation sites (N-methyl/N-ethyl adjacent to an activating group) is 1. The van der Waals surface area contributed by atoms with Crippen molar-refractivity contribution in [3.8, 4) is 11.3 Å². The van der Waals surface area contributed by atoms with Crippen LogP contribution in [0.4, 0.5) is 0 Å². The van der Waals surface area contributed by atoms with Gasteiger partial charge in [-0.05, 0) is 86.7 Å². The van der Waals surface area contributed by atoms with Crippen molar-refractivity contribution in [1.82, 2.24) is 24.8 Å². The number of aromatic amines is 1. The molecule has 0 aliphatic carbocycles. The van der Waals surface area contributed by atoms with Crippen molar-refractivity contribution in [3.05, 3.63) is 59.4 Å². The number of nitrogens with zero attached hydrogens (tertiary/aromatic N) is 4. The number of hydrogen-bond donors (Lipinski definition) is 1. The van der Waals surface area contributed by atoms with Gasteiger partial charge in [-0.25, -0.2) is 0 Å². The van der Waals surface area contributed by atoms with Gasteiger partial charge < -0.3 is 14.8 Å². The molecular formula is C29H35N5O. The van der Waals surface area contributed by atoms with Gasteiger partial charge in [0.1, 0.15) is 0 Å². The Balaban J connectivity index is 1.48. The summed E-state index contributed by atoms with van der Waals surface area (Å²) in [6.45, 7) is 8.79. The number of amides is 1. The van der Waals surface area contributed by atoms with E-state index in [2.05, 4.69) is 66.1 Å². The summed E-state index contributed by atoms with van der Waals surface area (Å²) in [7, 11) is 3.90. The number of carbonyl (C=O) groups excluding carboxylic acids is 1. The molecule has 2 aromatic carbocycles. The van der Waals surface area contributed by atoms with Crippen molar-refractivity contribution in [2.45, 2.75) is 45.4 Å². The highest BCUT2D eigenvalue weighted by atomic mass is 16.2. The molecule has 0 bridgehead atoms. The molecule has 0 atom stereocenters. The zero-order chi connectivity index (χ0) is 24.7. The highest BCUT2D eigenvalue weighted by Gasteiger charge is 2.25. The molecule has 6 nitrogen and oxygen atoms in total. The van der Waals surface area contributed by atoms with Gasteiger partial charge in [0, 0.05) is 41.9 Å². The predicted molar refractivity (Wildman–Crippen MR) is 143 cm³/mol. The molecule has 1 N–H and O–H groups in total. The summed E-state index contributed by atoms with van der Waals surface area (Å²) >= 11 is 0. The quantitative estimate of drug-likeness (QED) is 0.420. The Morgan fingerprint density at radius 1 is 1.11 bits per heavy atom. The second-order valence-electron chi connectivity index (χ2n) is 10.5. The molecule has 0 saturated carbocycles. The van der Waals surface area contributed by atoms with Crippen molar-refractivity contribution in [2.75, 3.05) is 33.7 Å². The highest BCUT2D eigenvalue weighted by molar-refractivity contribution is 5.94. The Kier molecular flexibility index (Phi) is 6.32. The van der Waals surface area contributed by atoms with Crippen LogP contribution in [-0.2, 0) is 4.79 Å². The summed E-state index contributed by atoms with van der Waals surface area (Å²) in [5.41, 5.74) is 9.24. The number of benzene rings is 2.